The van der Waals surface area contributed by atoms with Gasteiger partial charge in [0.2, 0.25) is 12.7 Å². The minimum absolute atomic E-state index is 0.126. The molecule has 2 rings (SSSR count). The van der Waals surface area contributed by atoms with Gasteiger partial charge in [-0.1, -0.05) is 15.9 Å². The number of carbonyl (C=O) groups is 2. The molecule has 1 N–H and O–H groups in total. The standard InChI is InChI=1S/C11H10BrNO4/c1-6(14)13-8-3-11-10(16-5-17-11)2-7(8)9(15)4-12/h2-3H,4-5H2,1H3,(H,13,14). The second-order valence-electron chi connectivity index (χ2n) is 3.49. The fraction of sp³-hybridized carbons (Fsp3) is 0.273. The number of carbonyl (C=O) groups excluding carboxylic acids is 2. The number of rotatable bonds is 3. The first-order valence-corrected chi connectivity index (χ1v) is 6.04. The van der Waals surface area contributed by atoms with Crippen LogP contribution in [0.25, 0.3) is 0 Å². The van der Waals surface area contributed by atoms with Crippen LogP contribution in [-0.4, -0.2) is 23.8 Å². The van der Waals surface area contributed by atoms with Gasteiger partial charge in [0.25, 0.3) is 0 Å². The second-order valence-corrected chi connectivity index (χ2v) is 4.05. The summed E-state index contributed by atoms with van der Waals surface area (Å²) < 4.78 is 10.4. The van der Waals surface area contributed by atoms with Crippen molar-refractivity contribution in [3.05, 3.63) is 17.7 Å². The molecule has 0 bridgehead atoms. The number of nitrogens with one attached hydrogen (secondary N) is 1. The van der Waals surface area contributed by atoms with Gasteiger partial charge in [-0.15, -0.1) is 0 Å². The van der Waals surface area contributed by atoms with Gasteiger partial charge in [0.15, 0.2) is 17.3 Å². The van der Waals surface area contributed by atoms with Crippen molar-refractivity contribution in [3.63, 3.8) is 0 Å². The van der Waals surface area contributed by atoms with Crippen LogP contribution in [0.15, 0.2) is 12.1 Å². The average Bonchev–Trinajstić information content (AvgIpc) is 2.73. The Kier molecular flexibility index (Phi) is 3.33. The van der Waals surface area contributed by atoms with Crippen molar-refractivity contribution in [2.75, 3.05) is 17.4 Å². The van der Waals surface area contributed by atoms with Gasteiger partial charge in [-0.2, -0.15) is 0 Å². The summed E-state index contributed by atoms with van der Waals surface area (Å²) in [7, 11) is 0. The summed E-state index contributed by atoms with van der Waals surface area (Å²) in [6.45, 7) is 1.51. The Labute approximate surface area is 106 Å². The summed E-state index contributed by atoms with van der Waals surface area (Å²) >= 11 is 3.10. The third-order valence-electron chi connectivity index (χ3n) is 2.25. The molecule has 0 saturated heterocycles. The van der Waals surface area contributed by atoms with Crippen LogP contribution < -0.4 is 14.8 Å². The van der Waals surface area contributed by atoms with E-state index in [-0.39, 0.29) is 23.8 Å². The molecule has 0 fully saturated rings. The molecule has 1 aliphatic heterocycles. The second kappa shape index (κ2) is 4.75. The lowest BCUT2D eigenvalue weighted by Crippen LogP contribution is -2.11. The predicted octanol–water partition coefficient (Wildman–Crippen LogP) is 1.95. The summed E-state index contributed by atoms with van der Waals surface area (Å²) in [5.41, 5.74) is 0.840. The topological polar surface area (TPSA) is 64.6 Å². The highest BCUT2D eigenvalue weighted by molar-refractivity contribution is 9.09. The molecule has 5 nitrogen and oxygen atoms in total. The zero-order chi connectivity index (χ0) is 12.4. The van der Waals surface area contributed by atoms with Gasteiger partial charge in [0.05, 0.1) is 11.0 Å². The summed E-state index contributed by atoms with van der Waals surface area (Å²) in [6, 6.07) is 3.18. The summed E-state index contributed by atoms with van der Waals surface area (Å²) in [5, 5.41) is 2.78. The molecule has 0 unspecified atom stereocenters. The largest absolute Gasteiger partial charge is 0.454 e. The highest BCUT2D eigenvalue weighted by Gasteiger charge is 2.20. The van der Waals surface area contributed by atoms with E-state index in [1.807, 2.05) is 0 Å². The Hall–Kier alpha value is -1.56. The van der Waals surface area contributed by atoms with Crippen LogP contribution >= 0.6 is 15.9 Å². The van der Waals surface area contributed by atoms with Crippen molar-refractivity contribution in [3.8, 4) is 11.5 Å². The first-order valence-electron chi connectivity index (χ1n) is 4.92. The van der Waals surface area contributed by atoms with Crippen LogP contribution in [0, 0.1) is 0 Å². The van der Waals surface area contributed by atoms with Crippen LogP contribution in [0.1, 0.15) is 17.3 Å². The molecule has 0 spiro atoms. The maximum absolute atomic E-state index is 11.7. The van der Waals surface area contributed by atoms with Crippen LogP contribution in [0.4, 0.5) is 5.69 Å². The number of ether oxygens (including phenoxy) is 2. The molecule has 1 aliphatic rings. The fourth-order valence-electron chi connectivity index (χ4n) is 1.54. The third kappa shape index (κ3) is 2.41. The van der Waals surface area contributed by atoms with Crippen molar-refractivity contribution in [2.24, 2.45) is 0 Å². The Morgan fingerprint density at radius 1 is 1.35 bits per heavy atom. The molecular weight excluding hydrogens is 290 g/mol. The predicted molar refractivity (Wildman–Crippen MR) is 65.0 cm³/mol. The van der Waals surface area contributed by atoms with E-state index in [0.717, 1.165) is 0 Å². The first kappa shape index (κ1) is 11.9. The number of alkyl halides is 1. The molecular formula is C11H10BrNO4. The van der Waals surface area contributed by atoms with Crippen LogP contribution in [0.5, 0.6) is 11.5 Å². The van der Waals surface area contributed by atoms with Gasteiger partial charge in [-0.05, 0) is 6.07 Å². The fourth-order valence-corrected chi connectivity index (χ4v) is 1.84. The molecule has 1 aromatic rings. The Morgan fingerprint density at radius 3 is 2.59 bits per heavy atom. The molecule has 90 valence electrons. The van der Waals surface area contributed by atoms with Crippen molar-refractivity contribution in [1.82, 2.24) is 0 Å². The highest BCUT2D eigenvalue weighted by atomic mass is 79.9. The number of benzene rings is 1. The number of Topliss-reactive ketones (excluding diaryl/α,β-unsaturated/α-hetero) is 1. The van der Waals surface area contributed by atoms with Crippen molar-refractivity contribution < 1.29 is 19.1 Å². The monoisotopic (exact) mass is 299 g/mol. The Balaban J connectivity index is 2.46. The summed E-state index contributed by atoms with van der Waals surface area (Å²) in [4.78, 5) is 22.8. The van der Waals surface area contributed by atoms with Crippen molar-refractivity contribution in [2.45, 2.75) is 6.92 Å². The quantitative estimate of drug-likeness (QED) is 0.684. The lowest BCUT2D eigenvalue weighted by Gasteiger charge is -2.09. The molecule has 1 heterocycles. The molecule has 0 aromatic heterocycles. The molecule has 1 aromatic carbocycles. The van der Waals surface area contributed by atoms with Gasteiger partial charge in [-0.3, -0.25) is 9.59 Å². The van der Waals surface area contributed by atoms with E-state index in [9.17, 15) is 9.59 Å². The molecule has 0 radical (unpaired) electrons. The Morgan fingerprint density at radius 2 is 2.00 bits per heavy atom. The van der Waals surface area contributed by atoms with Crippen LogP contribution in [0.3, 0.4) is 0 Å². The van der Waals surface area contributed by atoms with Crippen molar-refractivity contribution >= 4 is 33.3 Å². The zero-order valence-electron chi connectivity index (χ0n) is 9.08. The molecule has 0 saturated carbocycles. The van der Waals surface area contributed by atoms with Crippen LogP contribution in [0.2, 0.25) is 0 Å². The number of ketones is 1. The Bertz CT molecular complexity index is 487. The van der Waals surface area contributed by atoms with Gasteiger partial charge in [0, 0.05) is 18.6 Å². The lowest BCUT2D eigenvalue weighted by atomic mass is 10.1. The van der Waals surface area contributed by atoms with Crippen molar-refractivity contribution in [1.29, 1.82) is 0 Å². The normalized spacial score (nSPS) is 12.4. The van der Waals surface area contributed by atoms with Gasteiger partial charge in [0.1, 0.15) is 0 Å². The lowest BCUT2D eigenvalue weighted by molar-refractivity contribution is -0.114. The minimum atomic E-state index is -0.243. The number of fused-ring (bicyclic) bond motifs is 1. The van der Waals surface area contributed by atoms with E-state index >= 15 is 0 Å². The zero-order valence-corrected chi connectivity index (χ0v) is 10.7. The maximum atomic E-state index is 11.7. The average molecular weight is 300 g/mol. The number of halogens is 1. The van der Waals surface area contributed by atoms with E-state index < -0.39 is 0 Å². The SMILES string of the molecule is CC(=O)Nc1cc2c(cc1C(=O)CBr)OCO2. The molecule has 0 aliphatic carbocycles. The van der Waals surface area contributed by atoms with E-state index in [1.54, 1.807) is 12.1 Å². The highest BCUT2D eigenvalue weighted by Crippen LogP contribution is 2.37. The molecule has 1 amide bonds. The molecule has 6 heteroatoms. The van der Waals surface area contributed by atoms with E-state index in [0.29, 0.717) is 22.7 Å². The smallest absolute Gasteiger partial charge is 0.231 e. The number of anilines is 1. The number of hydrogen-bond donors (Lipinski definition) is 1. The van der Waals surface area contributed by atoms with Gasteiger partial charge >= 0.3 is 0 Å². The van der Waals surface area contributed by atoms with Gasteiger partial charge < -0.3 is 14.8 Å². The summed E-state index contributed by atoms with van der Waals surface area (Å²) in [6.07, 6.45) is 0. The first-order chi connectivity index (χ1) is 8.11. The van der Waals surface area contributed by atoms with Gasteiger partial charge in [-0.25, -0.2) is 0 Å². The third-order valence-corrected chi connectivity index (χ3v) is 2.75. The summed E-state index contributed by atoms with van der Waals surface area (Å²) in [5.74, 6) is 0.669. The van der Waals surface area contributed by atoms with Crippen LogP contribution in [-0.2, 0) is 4.79 Å². The van der Waals surface area contributed by atoms with E-state index in [4.69, 9.17) is 9.47 Å². The molecule has 0 atom stereocenters. The minimum Gasteiger partial charge on any atom is -0.454 e. The maximum Gasteiger partial charge on any atom is 0.231 e. The number of amides is 1. The molecule has 17 heavy (non-hydrogen) atoms. The number of hydrogen-bond acceptors (Lipinski definition) is 4. The van der Waals surface area contributed by atoms with E-state index in [1.165, 1.54) is 6.92 Å². The van der Waals surface area contributed by atoms with E-state index in [2.05, 4.69) is 21.2 Å².